The average Bonchev–Trinajstić information content (AvgIpc) is 2.76. The monoisotopic (exact) mass is 347 g/mol. The fourth-order valence-corrected chi connectivity index (χ4v) is 4.29. The van der Waals surface area contributed by atoms with Crippen molar-refractivity contribution in [3.63, 3.8) is 0 Å². The Morgan fingerprint density at radius 1 is 1.17 bits per heavy atom. The minimum Gasteiger partial charge on any atom is -0.385 e. The van der Waals surface area contributed by atoms with E-state index in [1.807, 2.05) is 30.3 Å². The van der Waals surface area contributed by atoms with Gasteiger partial charge in [0.05, 0.1) is 10.8 Å². The summed E-state index contributed by atoms with van der Waals surface area (Å²) in [5.41, 5.74) is 1.12. The zero-order valence-corrected chi connectivity index (χ0v) is 16.2. The van der Waals surface area contributed by atoms with Gasteiger partial charge in [0.1, 0.15) is 0 Å². The maximum atomic E-state index is 12.2. The van der Waals surface area contributed by atoms with Crippen LogP contribution >= 0.6 is 11.8 Å². The number of thioether (sulfide) groups is 1. The van der Waals surface area contributed by atoms with Crippen molar-refractivity contribution in [3.8, 4) is 0 Å². The Morgan fingerprint density at radius 2 is 1.83 bits per heavy atom. The van der Waals surface area contributed by atoms with Gasteiger partial charge in [0.25, 0.3) is 0 Å². The molecule has 1 atom stereocenters. The van der Waals surface area contributed by atoms with Crippen molar-refractivity contribution >= 4 is 28.5 Å². The lowest BCUT2D eigenvalue weighted by Gasteiger charge is -2.29. The van der Waals surface area contributed by atoms with Gasteiger partial charge in [-0.15, -0.1) is 0 Å². The van der Waals surface area contributed by atoms with Crippen LogP contribution in [0.5, 0.6) is 0 Å². The Labute approximate surface area is 149 Å². The standard InChI is InChI=1S/C19H29N3OS/c1-18(2,3)13-19(4,5)22-17-21-16(23)15(24-17)11-12-20-14-9-7-6-8-10-14/h6-10,15,20H,11-13H2,1-5H3,(H,21,22,23). The third kappa shape index (κ3) is 6.19. The van der Waals surface area contributed by atoms with E-state index in [0.29, 0.717) is 0 Å². The molecule has 1 amide bonds. The fraction of sp³-hybridized carbons (Fsp3) is 0.579. The van der Waals surface area contributed by atoms with Crippen LogP contribution in [-0.4, -0.2) is 28.4 Å². The lowest BCUT2D eigenvalue weighted by molar-refractivity contribution is -0.118. The SMILES string of the molecule is CC(C)(C)CC(C)(C)N=C1NC(=O)C(CCNc2ccccc2)S1. The van der Waals surface area contributed by atoms with Crippen molar-refractivity contribution < 1.29 is 4.79 Å². The number of amides is 1. The Bertz CT molecular complexity index is 590. The smallest absolute Gasteiger partial charge is 0.239 e. The number of hydrogen-bond donors (Lipinski definition) is 2. The van der Waals surface area contributed by atoms with E-state index in [9.17, 15) is 4.79 Å². The van der Waals surface area contributed by atoms with Gasteiger partial charge in [-0.1, -0.05) is 50.7 Å². The Balaban J connectivity index is 1.87. The van der Waals surface area contributed by atoms with Crippen LogP contribution in [0, 0.1) is 5.41 Å². The van der Waals surface area contributed by atoms with Crippen molar-refractivity contribution in [2.24, 2.45) is 10.4 Å². The van der Waals surface area contributed by atoms with Gasteiger partial charge < -0.3 is 10.6 Å². The summed E-state index contributed by atoms with van der Waals surface area (Å²) in [5, 5.41) is 6.99. The van der Waals surface area contributed by atoms with Gasteiger partial charge in [0.15, 0.2) is 5.17 Å². The average molecular weight is 348 g/mol. The number of anilines is 1. The van der Waals surface area contributed by atoms with Gasteiger partial charge in [-0.3, -0.25) is 9.79 Å². The molecule has 1 aromatic carbocycles. The van der Waals surface area contributed by atoms with Gasteiger partial charge in [-0.2, -0.15) is 0 Å². The van der Waals surface area contributed by atoms with Crippen molar-refractivity contribution in [2.75, 3.05) is 11.9 Å². The first-order chi connectivity index (χ1) is 11.1. The summed E-state index contributed by atoms with van der Waals surface area (Å²) in [6.45, 7) is 11.7. The number of rotatable bonds is 6. The van der Waals surface area contributed by atoms with Gasteiger partial charge in [0.2, 0.25) is 5.91 Å². The summed E-state index contributed by atoms with van der Waals surface area (Å²) in [5.74, 6) is 0.0696. The van der Waals surface area contributed by atoms with E-state index in [0.717, 1.165) is 30.2 Å². The largest absolute Gasteiger partial charge is 0.385 e. The highest BCUT2D eigenvalue weighted by Gasteiger charge is 2.32. The van der Waals surface area contributed by atoms with Crippen LogP contribution in [0.2, 0.25) is 0 Å². The van der Waals surface area contributed by atoms with Crippen LogP contribution in [0.25, 0.3) is 0 Å². The molecule has 1 heterocycles. The summed E-state index contributed by atoms with van der Waals surface area (Å²) < 4.78 is 0. The molecule has 5 heteroatoms. The second-order valence-electron chi connectivity index (χ2n) is 8.14. The van der Waals surface area contributed by atoms with Crippen molar-refractivity contribution in [2.45, 2.75) is 58.2 Å². The van der Waals surface area contributed by atoms with Crippen LogP contribution < -0.4 is 10.6 Å². The Morgan fingerprint density at radius 3 is 2.46 bits per heavy atom. The van der Waals surface area contributed by atoms with Crippen LogP contribution in [0.15, 0.2) is 35.3 Å². The number of carbonyl (C=O) groups is 1. The van der Waals surface area contributed by atoms with E-state index >= 15 is 0 Å². The molecule has 0 radical (unpaired) electrons. The number of amidine groups is 1. The molecular weight excluding hydrogens is 318 g/mol. The lowest BCUT2D eigenvalue weighted by Crippen LogP contribution is -2.30. The zero-order valence-electron chi connectivity index (χ0n) is 15.3. The van der Waals surface area contributed by atoms with Crippen LogP contribution in [0.3, 0.4) is 0 Å². The van der Waals surface area contributed by atoms with E-state index < -0.39 is 0 Å². The molecule has 1 unspecified atom stereocenters. The summed E-state index contributed by atoms with van der Waals surface area (Å²) >= 11 is 1.56. The molecule has 0 aromatic heterocycles. The predicted molar refractivity (Wildman–Crippen MR) is 105 cm³/mol. The van der Waals surface area contributed by atoms with Crippen molar-refractivity contribution in [3.05, 3.63) is 30.3 Å². The topological polar surface area (TPSA) is 53.5 Å². The number of hydrogen-bond acceptors (Lipinski definition) is 4. The molecule has 132 valence electrons. The molecule has 1 aliphatic heterocycles. The first kappa shape index (κ1) is 18.8. The Hall–Kier alpha value is -1.49. The molecule has 2 rings (SSSR count). The molecule has 1 aromatic rings. The summed E-state index contributed by atoms with van der Waals surface area (Å²) in [6, 6.07) is 10.1. The van der Waals surface area contributed by atoms with Gasteiger partial charge in [-0.05, 0) is 44.2 Å². The van der Waals surface area contributed by atoms with E-state index in [1.54, 1.807) is 11.8 Å². The van der Waals surface area contributed by atoms with Crippen LogP contribution in [-0.2, 0) is 4.79 Å². The predicted octanol–water partition coefficient (Wildman–Crippen LogP) is 4.29. The molecule has 1 fully saturated rings. The molecule has 0 spiro atoms. The van der Waals surface area contributed by atoms with Crippen molar-refractivity contribution in [1.29, 1.82) is 0 Å². The Kier molecular flexibility index (Phi) is 5.97. The first-order valence-corrected chi connectivity index (χ1v) is 9.39. The maximum Gasteiger partial charge on any atom is 0.239 e. The van der Waals surface area contributed by atoms with Crippen LogP contribution in [0.4, 0.5) is 5.69 Å². The normalized spacial score (nSPS) is 20.3. The van der Waals surface area contributed by atoms with E-state index in [4.69, 9.17) is 4.99 Å². The molecule has 1 aliphatic rings. The van der Waals surface area contributed by atoms with E-state index in [2.05, 4.69) is 45.3 Å². The highest BCUT2D eigenvalue weighted by Crippen LogP contribution is 2.32. The number of para-hydroxylation sites is 1. The number of nitrogens with zero attached hydrogens (tertiary/aromatic N) is 1. The molecule has 0 bridgehead atoms. The first-order valence-electron chi connectivity index (χ1n) is 8.51. The molecule has 2 N–H and O–H groups in total. The zero-order chi connectivity index (χ0) is 17.8. The van der Waals surface area contributed by atoms with E-state index in [1.165, 1.54) is 0 Å². The summed E-state index contributed by atoms with van der Waals surface area (Å²) in [6.07, 6.45) is 1.75. The highest BCUT2D eigenvalue weighted by molar-refractivity contribution is 8.15. The maximum absolute atomic E-state index is 12.2. The lowest BCUT2D eigenvalue weighted by atomic mass is 9.82. The quantitative estimate of drug-likeness (QED) is 0.807. The highest BCUT2D eigenvalue weighted by atomic mass is 32.2. The number of benzene rings is 1. The molecule has 0 saturated carbocycles. The van der Waals surface area contributed by atoms with Gasteiger partial charge in [-0.25, -0.2) is 0 Å². The fourth-order valence-electron chi connectivity index (χ4n) is 3.16. The minimum absolute atomic E-state index is 0.0644. The molecule has 1 saturated heterocycles. The molecule has 4 nitrogen and oxygen atoms in total. The molecule has 0 aliphatic carbocycles. The van der Waals surface area contributed by atoms with Gasteiger partial charge in [0, 0.05) is 12.2 Å². The van der Waals surface area contributed by atoms with Crippen molar-refractivity contribution in [1.82, 2.24) is 5.32 Å². The third-order valence-corrected chi connectivity index (χ3v) is 4.80. The number of nitrogens with one attached hydrogen (secondary N) is 2. The molecule has 24 heavy (non-hydrogen) atoms. The van der Waals surface area contributed by atoms with Crippen LogP contribution in [0.1, 0.15) is 47.5 Å². The molecular formula is C19H29N3OS. The van der Waals surface area contributed by atoms with Gasteiger partial charge >= 0.3 is 0 Å². The number of aliphatic imine (C=N–C) groups is 1. The second kappa shape index (κ2) is 7.60. The number of carbonyl (C=O) groups excluding carboxylic acids is 1. The third-order valence-electron chi connectivity index (χ3n) is 3.65. The second-order valence-corrected chi connectivity index (χ2v) is 9.34. The summed E-state index contributed by atoms with van der Waals surface area (Å²) in [4.78, 5) is 16.9. The van der Waals surface area contributed by atoms with E-state index in [-0.39, 0.29) is 22.1 Å². The minimum atomic E-state index is -0.176. The summed E-state index contributed by atoms with van der Waals surface area (Å²) in [7, 11) is 0.